The second-order valence-electron chi connectivity index (χ2n) is 12.4. The molecule has 0 aromatic heterocycles. The normalized spacial score (nSPS) is 17.0. The van der Waals surface area contributed by atoms with Gasteiger partial charge in [0.25, 0.3) is 5.91 Å². The summed E-state index contributed by atoms with van der Waals surface area (Å²) in [5, 5.41) is 21.0. The lowest BCUT2D eigenvalue weighted by Gasteiger charge is -2.47. The minimum absolute atomic E-state index is 0.0207. The van der Waals surface area contributed by atoms with E-state index in [1.165, 1.54) is 16.4 Å². The Morgan fingerprint density at radius 3 is 2.47 bits per heavy atom. The lowest BCUT2D eigenvalue weighted by atomic mass is 9.93. The number of carbonyl (C=O) groups is 1. The Bertz CT molecular complexity index is 1440. The van der Waals surface area contributed by atoms with Gasteiger partial charge >= 0.3 is 0 Å². The van der Waals surface area contributed by atoms with E-state index in [4.69, 9.17) is 4.74 Å². The molecule has 1 aliphatic rings. The highest BCUT2D eigenvalue weighted by Gasteiger charge is 2.33. The Morgan fingerprint density at radius 2 is 1.80 bits per heavy atom. The van der Waals surface area contributed by atoms with Crippen LogP contribution in [0.1, 0.15) is 62.0 Å². The van der Waals surface area contributed by atoms with Crippen LogP contribution in [0.25, 0.3) is 0 Å². The highest BCUT2D eigenvalue weighted by molar-refractivity contribution is 8.25. The molecule has 0 radical (unpaired) electrons. The minimum Gasteiger partial charge on any atom is -0.497 e. The molecule has 1 heterocycles. The first-order valence-corrected chi connectivity index (χ1v) is 17.0. The van der Waals surface area contributed by atoms with E-state index in [-0.39, 0.29) is 36.1 Å². The van der Waals surface area contributed by atoms with E-state index in [1.807, 2.05) is 82.3 Å². The molecule has 6 N–H and O–H groups in total. The molecule has 3 aromatic carbocycles. The summed E-state index contributed by atoms with van der Waals surface area (Å²) in [6.07, 6.45) is 0.565. The number of aliphatic hydroxyl groups excluding tert-OH is 1. The van der Waals surface area contributed by atoms with Gasteiger partial charge in [-0.3, -0.25) is 18.2 Å². The second kappa shape index (κ2) is 14.8. The van der Waals surface area contributed by atoms with Gasteiger partial charge in [0, 0.05) is 30.4 Å². The van der Waals surface area contributed by atoms with Gasteiger partial charge in [0.1, 0.15) is 5.75 Å². The topological polar surface area (TPSA) is 126 Å². The number of benzene rings is 3. The van der Waals surface area contributed by atoms with E-state index in [9.17, 15) is 19.0 Å². The minimum atomic E-state index is -3.24. The van der Waals surface area contributed by atoms with E-state index in [1.54, 1.807) is 7.11 Å². The Hall–Kier alpha value is -3.35. The Morgan fingerprint density at radius 1 is 1.07 bits per heavy atom. The largest absolute Gasteiger partial charge is 0.497 e. The lowest BCUT2D eigenvalue weighted by Crippen LogP contribution is -2.51. The summed E-state index contributed by atoms with van der Waals surface area (Å²) >= 11 is 0. The third kappa shape index (κ3) is 8.89. The summed E-state index contributed by atoms with van der Waals surface area (Å²) in [6, 6.07) is 19.3. The molecule has 0 spiro atoms. The van der Waals surface area contributed by atoms with Crippen molar-refractivity contribution in [3.8, 4) is 5.75 Å². The molecule has 0 bridgehead atoms. The van der Waals surface area contributed by atoms with Crippen LogP contribution in [0.3, 0.4) is 0 Å². The van der Waals surface area contributed by atoms with Crippen molar-refractivity contribution >= 4 is 28.1 Å². The molecule has 2 atom stereocenters. The van der Waals surface area contributed by atoms with Gasteiger partial charge in [-0.2, -0.15) is 0 Å². The van der Waals surface area contributed by atoms with Crippen LogP contribution in [0, 0.1) is 5.82 Å². The standard InChI is InChI=1S/C34H47FN4O5S/c1-23(2)37-26-20-28(32(35)30(21-26)39-16-9-10-17-45(39,42)43)33(41)38-29(18-24-12-7-6-8-13-24)31(40)22-36-34(3,4)25-14-11-15-27(19-25)44-5/h6-8,11-15,19-21,23,29,31,36-37,40,42-43H,9-10,16-18,22H2,1-5H3,(H,38,41)/t29-,31+/m0/s1. The van der Waals surface area contributed by atoms with Gasteiger partial charge in [-0.15, -0.1) is 10.8 Å². The number of hydrogen-bond donors (Lipinski definition) is 6. The maximum absolute atomic E-state index is 16.2. The van der Waals surface area contributed by atoms with Crippen LogP contribution in [0.4, 0.5) is 15.8 Å². The van der Waals surface area contributed by atoms with Gasteiger partial charge < -0.3 is 25.8 Å². The molecular formula is C34H47FN4O5S. The third-order valence-electron chi connectivity index (χ3n) is 8.03. The van der Waals surface area contributed by atoms with E-state index in [0.717, 1.165) is 16.9 Å². The molecule has 11 heteroatoms. The van der Waals surface area contributed by atoms with Crippen molar-refractivity contribution in [2.45, 2.75) is 70.7 Å². The van der Waals surface area contributed by atoms with Gasteiger partial charge in [0.15, 0.2) is 5.82 Å². The SMILES string of the molecule is COc1cccc(C(C)(C)NC[C@@H](O)[C@H](Cc2ccccc2)NC(=O)c2cc(NC(C)C)cc(N3CCCCS3(O)O)c2F)c1. The van der Waals surface area contributed by atoms with Gasteiger partial charge in [-0.1, -0.05) is 42.5 Å². The molecule has 246 valence electrons. The molecule has 0 unspecified atom stereocenters. The van der Waals surface area contributed by atoms with E-state index >= 15 is 4.39 Å². The van der Waals surface area contributed by atoms with E-state index in [0.29, 0.717) is 24.9 Å². The highest BCUT2D eigenvalue weighted by atomic mass is 32.3. The van der Waals surface area contributed by atoms with E-state index < -0.39 is 40.2 Å². The van der Waals surface area contributed by atoms with Crippen LogP contribution in [-0.4, -0.2) is 64.3 Å². The summed E-state index contributed by atoms with van der Waals surface area (Å²) in [6.45, 7) is 8.23. The van der Waals surface area contributed by atoms with Crippen LogP contribution in [0.15, 0.2) is 66.7 Å². The molecule has 1 saturated heterocycles. The predicted octanol–water partition coefficient (Wildman–Crippen LogP) is 6.15. The molecule has 9 nitrogen and oxygen atoms in total. The first-order valence-electron chi connectivity index (χ1n) is 15.4. The maximum Gasteiger partial charge on any atom is 0.254 e. The van der Waals surface area contributed by atoms with Crippen molar-refractivity contribution in [3.63, 3.8) is 0 Å². The Labute approximate surface area is 267 Å². The highest BCUT2D eigenvalue weighted by Crippen LogP contribution is 2.51. The summed E-state index contributed by atoms with van der Waals surface area (Å²) in [5.74, 6) is -0.686. The lowest BCUT2D eigenvalue weighted by molar-refractivity contribution is 0.0810. The molecule has 0 aliphatic carbocycles. The second-order valence-corrected chi connectivity index (χ2v) is 14.5. The first-order chi connectivity index (χ1) is 21.3. The van der Waals surface area contributed by atoms with Gasteiger partial charge in [0.05, 0.1) is 36.3 Å². The first kappa shape index (κ1) is 34.5. The van der Waals surface area contributed by atoms with Crippen molar-refractivity contribution in [2.75, 3.05) is 35.6 Å². The smallest absolute Gasteiger partial charge is 0.254 e. The summed E-state index contributed by atoms with van der Waals surface area (Å²) in [7, 11) is -1.63. The predicted molar refractivity (Wildman–Crippen MR) is 181 cm³/mol. The molecular weight excluding hydrogens is 595 g/mol. The monoisotopic (exact) mass is 642 g/mol. The van der Waals surface area contributed by atoms with Gasteiger partial charge in [-0.25, -0.2) is 4.39 Å². The van der Waals surface area contributed by atoms with Crippen LogP contribution in [0.5, 0.6) is 5.75 Å². The summed E-state index contributed by atoms with van der Waals surface area (Å²) in [5.41, 5.74) is 1.53. The number of nitrogens with zero attached hydrogens (tertiary/aromatic N) is 1. The number of anilines is 2. The molecule has 0 saturated carbocycles. The van der Waals surface area contributed by atoms with Crippen molar-refractivity contribution in [1.29, 1.82) is 0 Å². The zero-order valence-electron chi connectivity index (χ0n) is 26.7. The number of rotatable bonds is 13. The van der Waals surface area contributed by atoms with Crippen LogP contribution >= 0.6 is 10.8 Å². The maximum atomic E-state index is 16.2. The third-order valence-corrected chi connectivity index (χ3v) is 9.95. The average Bonchev–Trinajstić information content (AvgIpc) is 3.00. The summed E-state index contributed by atoms with van der Waals surface area (Å²) in [4.78, 5) is 13.8. The zero-order valence-corrected chi connectivity index (χ0v) is 27.5. The number of nitrogens with one attached hydrogen (secondary N) is 3. The quantitative estimate of drug-likeness (QED) is 0.131. The number of amides is 1. The Kier molecular flexibility index (Phi) is 11.4. The van der Waals surface area contributed by atoms with Gasteiger partial charge in [-0.05, 0) is 82.3 Å². The zero-order chi connectivity index (χ0) is 32.8. The van der Waals surface area contributed by atoms with Gasteiger partial charge in [0.2, 0.25) is 0 Å². The average molecular weight is 643 g/mol. The molecule has 45 heavy (non-hydrogen) atoms. The fourth-order valence-corrected chi connectivity index (χ4v) is 7.15. The molecule has 3 aromatic rings. The number of methoxy groups -OCH3 is 1. The fraction of sp³-hybridized carbons (Fsp3) is 0.441. The van der Waals surface area contributed by atoms with Crippen LogP contribution < -0.4 is 25.0 Å². The Balaban J connectivity index is 1.62. The van der Waals surface area contributed by atoms with Crippen molar-refractivity contribution in [2.24, 2.45) is 0 Å². The van der Waals surface area contributed by atoms with Crippen molar-refractivity contribution in [3.05, 3.63) is 89.2 Å². The van der Waals surface area contributed by atoms with Crippen molar-refractivity contribution in [1.82, 2.24) is 10.6 Å². The summed E-state index contributed by atoms with van der Waals surface area (Å²) < 4.78 is 44.4. The van der Waals surface area contributed by atoms with E-state index in [2.05, 4.69) is 16.0 Å². The number of aliphatic hydroxyl groups is 1. The van der Waals surface area contributed by atoms with Crippen molar-refractivity contribution < 1.29 is 28.1 Å². The molecule has 1 amide bonds. The fourth-order valence-electron chi connectivity index (χ4n) is 5.47. The van der Waals surface area contributed by atoms with Crippen LogP contribution in [-0.2, 0) is 12.0 Å². The molecule has 1 aliphatic heterocycles. The number of halogens is 1. The van der Waals surface area contributed by atoms with Crippen LogP contribution in [0.2, 0.25) is 0 Å². The number of hydrogen-bond acceptors (Lipinski definition) is 8. The molecule has 1 fully saturated rings. The number of carbonyl (C=O) groups excluding carboxylic acids is 1. The number of ether oxygens (including phenoxy) is 1. The molecule has 4 rings (SSSR count).